The molecule has 1 N–H and O–H groups in total. The summed E-state index contributed by atoms with van der Waals surface area (Å²) in [6.07, 6.45) is 4.70. The van der Waals surface area contributed by atoms with Gasteiger partial charge in [-0.2, -0.15) is 0 Å². The molecule has 4 nitrogen and oxygen atoms in total. The molecule has 0 aromatic rings. The van der Waals surface area contributed by atoms with Crippen molar-refractivity contribution in [3.05, 3.63) is 0 Å². The normalized spacial score (nSPS) is 29.6. The first-order chi connectivity index (χ1) is 7.18. The lowest BCUT2D eigenvalue weighted by Gasteiger charge is -2.33. The molecule has 0 amide bonds. The fraction of sp³-hybridized carbons (Fsp3) is 0.818. The van der Waals surface area contributed by atoms with Crippen LogP contribution in [-0.4, -0.2) is 40.4 Å². The van der Waals surface area contributed by atoms with Gasteiger partial charge in [0.15, 0.2) is 0 Å². The molecule has 0 unspecified atom stereocenters. The van der Waals surface area contributed by atoms with Crippen molar-refractivity contribution in [1.82, 2.24) is 4.90 Å². The highest BCUT2D eigenvalue weighted by Gasteiger charge is 2.36. The van der Waals surface area contributed by atoms with Crippen LogP contribution in [0.15, 0.2) is 0 Å². The maximum atomic E-state index is 11.1. The standard InChI is InChI=1S/C11H17NO3/c13-9-5-3-8(4-6-9)12-7-1-2-10(12)11(14)15/h8,10H,1-7H2,(H,14,15)/t10-/m0/s1. The molecule has 0 aromatic carbocycles. The van der Waals surface area contributed by atoms with Gasteiger partial charge in [0.05, 0.1) is 0 Å². The topological polar surface area (TPSA) is 57.6 Å². The van der Waals surface area contributed by atoms with E-state index in [1.54, 1.807) is 0 Å². The highest BCUT2D eigenvalue weighted by Crippen LogP contribution is 2.28. The Balaban J connectivity index is 1.97. The number of hydrogen-bond donors (Lipinski definition) is 1. The van der Waals surface area contributed by atoms with Crippen LogP contribution in [0.3, 0.4) is 0 Å². The van der Waals surface area contributed by atoms with E-state index in [-0.39, 0.29) is 6.04 Å². The molecule has 1 aliphatic carbocycles. The Bertz CT molecular complexity index is 267. The third kappa shape index (κ3) is 2.20. The van der Waals surface area contributed by atoms with Crippen LogP contribution in [0, 0.1) is 0 Å². The van der Waals surface area contributed by atoms with Gasteiger partial charge in [-0.3, -0.25) is 14.5 Å². The fourth-order valence-corrected chi connectivity index (χ4v) is 2.75. The zero-order valence-electron chi connectivity index (χ0n) is 8.82. The molecular weight excluding hydrogens is 194 g/mol. The maximum Gasteiger partial charge on any atom is 0.320 e. The largest absolute Gasteiger partial charge is 0.480 e. The first kappa shape index (κ1) is 10.6. The molecule has 1 heterocycles. The van der Waals surface area contributed by atoms with Gasteiger partial charge in [0, 0.05) is 18.9 Å². The minimum Gasteiger partial charge on any atom is -0.480 e. The van der Waals surface area contributed by atoms with Gasteiger partial charge in [-0.05, 0) is 32.2 Å². The number of ketones is 1. The number of Topliss-reactive ketones (excluding diaryl/α,β-unsaturated/α-hetero) is 1. The van der Waals surface area contributed by atoms with Crippen molar-refractivity contribution in [3.63, 3.8) is 0 Å². The third-order valence-corrected chi connectivity index (χ3v) is 3.56. The van der Waals surface area contributed by atoms with Crippen LogP contribution < -0.4 is 0 Å². The Kier molecular flexibility index (Phi) is 3.05. The van der Waals surface area contributed by atoms with E-state index in [4.69, 9.17) is 5.11 Å². The minimum absolute atomic E-state index is 0.303. The molecule has 1 saturated carbocycles. The molecule has 0 bridgehead atoms. The van der Waals surface area contributed by atoms with Crippen molar-refractivity contribution >= 4 is 11.8 Å². The lowest BCUT2D eigenvalue weighted by Crippen LogP contribution is -2.44. The number of hydrogen-bond acceptors (Lipinski definition) is 3. The number of rotatable bonds is 2. The molecule has 1 aliphatic heterocycles. The number of carboxylic acids is 1. The van der Waals surface area contributed by atoms with Crippen LogP contribution in [0.1, 0.15) is 38.5 Å². The minimum atomic E-state index is -0.704. The van der Waals surface area contributed by atoms with Gasteiger partial charge in [-0.15, -0.1) is 0 Å². The lowest BCUT2D eigenvalue weighted by molar-refractivity contribution is -0.143. The maximum absolute atomic E-state index is 11.1. The number of likely N-dealkylation sites (tertiary alicyclic amines) is 1. The van der Waals surface area contributed by atoms with Crippen molar-refractivity contribution in [2.75, 3.05) is 6.54 Å². The number of carbonyl (C=O) groups is 2. The van der Waals surface area contributed by atoms with E-state index >= 15 is 0 Å². The number of aliphatic carboxylic acids is 1. The Hall–Kier alpha value is -0.900. The predicted molar refractivity (Wildman–Crippen MR) is 54.6 cm³/mol. The van der Waals surface area contributed by atoms with Crippen molar-refractivity contribution in [2.24, 2.45) is 0 Å². The number of carbonyl (C=O) groups excluding carboxylic acids is 1. The van der Waals surface area contributed by atoms with Crippen LogP contribution in [0.5, 0.6) is 0 Å². The summed E-state index contributed by atoms with van der Waals surface area (Å²) < 4.78 is 0. The van der Waals surface area contributed by atoms with E-state index in [0.29, 0.717) is 24.7 Å². The fourth-order valence-electron chi connectivity index (χ4n) is 2.75. The SMILES string of the molecule is O=C1CCC(N2CCC[C@H]2C(=O)O)CC1. The molecular formula is C11H17NO3. The Labute approximate surface area is 89.3 Å². The lowest BCUT2D eigenvalue weighted by atomic mass is 9.93. The summed E-state index contributed by atoms with van der Waals surface area (Å²) in [6.45, 7) is 0.885. The van der Waals surface area contributed by atoms with Crippen molar-refractivity contribution in [2.45, 2.75) is 50.6 Å². The Morgan fingerprint density at radius 1 is 1.27 bits per heavy atom. The van der Waals surface area contributed by atoms with Gasteiger partial charge in [0.25, 0.3) is 0 Å². The Morgan fingerprint density at radius 2 is 1.93 bits per heavy atom. The van der Waals surface area contributed by atoms with E-state index in [9.17, 15) is 9.59 Å². The molecule has 0 aromatic heterocycles. The summed E-state index contributed by atoms with van der Waals surface area (Å²) in [7, 11) is 0. The summed E-state index contributed by atoms with van der Waals surface area (Å²) in [5.41, 5.74) is 0. The molecule has 0 spiro atoms. The zero-order valence-corrected chi connectivity index (χ0v) is 8.82. The average molecular weight is 211 g/mol. The van der Waals surface area contributed by atoms with Gasteiger partial charge in [-0.1, -0.05) is 0 Å². The van der Waals surface area contributed by atoms with Gasteiger partial charge in [0.1, 0.15) is 11.8 Å². The van der Waals surface area contributed by atoms with Crippen LogP contribution in [-0.2, 0) is 9.59 Å². The summed E-state index contributed by atoms with van der Waals surface area (Å²) in [6, 6.07) is 0.0227. The highest BCUT2D eigenvalue weighted by molar-refractivity contribution is 5.79. The van der Waals surface area contributed by atoms with Crippen LogP contribution >= 0.6 is 0 Å². The van der Waals surface area contributed by atoms with E-state index in [1.807, 2.05) is 0 Å². The summed E-state index contributed by atoms with van der Waals surface area (Å²) in [4.78, 5) is 24.2. The molecule has 2 aliphatic rings. The van der Waals surface area contributed by atoms with Gasteiger partial charge in [-0.25, -0.2) is 0 Å². The van der Waals surface area contributed by atoms with Crippen LogP contribution in [0.4, 0.5) is 0 Å². The molecule has 1 saturated heterocycles. The number of carboxylic acid groups (broad SMARTS) is 1. The molecule has 0 radical (unpaired) electrons. The third-order valence-electron chi connectivity index (χ3n) is 3.56. The highest BCUT2D eigenvalue weighted by atomic mass is 16.4. The van der Waals surface area contributed by atoms with E-state index in [1.165, 1.54) is 0 Å². The van der Waals surface area contributed by atoms with Gasteiger partial charge < -0.3 is 5.11 Å². The van der Waals surface area contributed by atoms with Gasteiger partial charge in [0.2, 0.25) is 0 Å². The quantitative estimate of drug-likeness (QED) is 0.741. The van der Waals surface area contributed by atoms with Crippen molar-refractivity contribution in [3.8, 4) is 0 Å². The Morgan fingerprint density at radius 3 is 2.53 bits per heavy atom. The first-order valence-corrected chi connectivity index (χ1v) is 5.69. The molecule has 4 heteroatoms. The van der Waals surface area contributed by atoms with E-state index in [0.717, 1.165) is 32.2 Å². The van der Waals surface area contributed by atoms with Crippen LogP contribution in [0.2, 0.25) is 0 Å². The molecule has 84 valence electrons. The smallest absolute Gasteiger partial charge is 0.320 e. The molecule has 15 heavy (non-hydrogen) atoms. The van der Waals surface area contributed by atoms with Gasteiger partial charge >= 0.3 is 5.97 Å². The molecule has 2 rings (SSSR count). The summed E-state index contributed by atoms with van der Waals surface area (Å²) >= 11 is 0. The predicted octanol–water partition coefficient (Wildman–Crippen LogP) is 1.05. The second kappa shape index (κ2) is 4.31. The average Bonchev–Trinajstić information content (AvgIpc) is 2.67. The summed E-state index contributed by atoms with van der Waals surface area (Å²) in [5.74, 6) is -0.373. The van der Waals surface area contributed by atoms with E-state index < -0.39 is 5.97 Å². The van der Waals surface area contributed by atoms with E-state index in [2.05, 4.69) is 4.90 Å². The molecule has 1 atom stereocenters. The van der Waals surface area contributed by atoms with Crippen molar-refractivity contribution in [1.29, 1.82) is 0 Å². The number of nitrogens with zero attached hydrogens (tertiary/aromatic N) is 1. The second-order valence-electron chi connectivity index (χ2n) is 4.50. The monoisotopic (exact) mass is 211 g/mol. The molecule has 2 fully saturated rings. The second-order valence-corrected chi connectivity index (χ2v) is 4.50. The van der Waals surface area contributed by atoms with Crippen molar-refractivity contribution < 1.29 is 14.7 Å². The zero-order chi connectivity index (χ0) is 10.8. The van der Waals surface area contributed by atoms with Crippen LogP contribution in [0.25, 0.3) is 0 Å². The first-order valence-electron chi connectivity index (χ1n) is 5.69. The summed E-state index contributed by atoms with van der Waals surface area (Å²) in [5, 5.41) is 9.06.